The normalized spacial score (nSPS) is 20.1. The molecule has 3 aromatic carbocycles. The van der Waals surface area contributed by atoms with Gasteiger partial charge in [-0.2, -0.15) is 4.48 Å². The first-order valence-corrected chi connectivity index (χ1v) is 13.8. The zero-order valence-electron chi connectivity index (χ0n) is 21.6. The highest BCUT2D eigenvalue weighted by Gasteiger charge is 2.52. The summed E-state index contributed by atoms with van der Waals surface area (Å²) in [6, 6.07) is 25.9. The van der Waals surface area contributed by atoms with Crippen LogP contribution >= 0.6 is 11.8 Å². The lowest BCUT2D eigenvalue weighted by atomic mass is 10.0. The SMILES string of the molecule is CC(NC(=O)[N+]1(C(=O)CSc2nc3ccccc3n2C)CCC[C@H]1C)c1cccc(-c2ccccc2)c1. The molecule has 4 aromatic rings. The van der Waals surface area contributed by atoms with Gasteiger partial charge in [0.25, 0.3) is 0 Å². The molecule has 1 aliphatic heterocycles. The van der Waals surface area contributed by atoms with Crippen molar-refractivity contribution in [1.82, 2.24) is 14.9 Å². The standard InChI is InChI=1S/C30H32N4O2S/c1-21-11-10-18-34(21,28(35)20-37-29-32-26-16-7-8-17-27(26)33(29)3)30(36)31-22(2)24-14-9-15-25(19-24)23-12-5-4-6-13-23/h4-9,12-17,19,21-22H,10-11,18,20H2,1-3H3/p+1/t21-,22?,34?/m1/s1. The average Bonchev–Trinajstić information content (AvgIpc) is 3.48. The van der Waals surface area contributed by atoms with E-state index in [1.807, 2.05) is 80.1 Å². The molecule has 1 aliphatic rings. The van der Waals surface area contributed by atoms with Crippen LogP contribution in [0.4, 0.5) is 4.79 Å². The van der Waals surface area contributed by atoms with E-state index in [2.05, 4.69) is 34.6 Å². The number of quaternary nitrogens is 1. The van der Waals surface area contributed by atoms with Crippen LogP contribution in [-0.4, -0.2) is 44.3 Å². The molecular formula is C30H33N4O2S+. The number of hydrogen-bond acceptors (Lipinski definition) is 4. The Morgan fingerprint density at radius 3 is 2.51 bits per heavy atom. The molecule has 0 spiro atoms. The first-order chi connectivity index (χ1) is 17.9. The molecule has 190 valence electrons. The van der Waals surface area contributed by atoms with Gasteiger partial charge in [-0.05, 0) is 48.7 Å². The Hall–Kier alpha value is -3.42. The number of amides is 3. The van der Waals surface area contributed by atoms with Crippen molar-refractivity contribution in [2.24, 2.45) is 7.05 Å². The average molecular weight is 514 g/mol. The number of hydrogen-bond donors (Lipinski definition) is 1. The summed E-state index contributed by atoms with van der Waals surface area (Å²) in [5.41, 5.74) is 5.19. The molecule has 1 N–H and O–H groups in total. The van der Waals surface area contributed by atoms with E-state index in [0.29, 0.717) is 6.54 Å². The number of aryl methyl sites for hydroxylation is 1. The highest BCUT2D eigenvalue weighted by atomic mass is 32.2. The van der Waals surface area contributed by atoms with Crippen LogP contribution in [0.5, 0.6) is 0 Å². The minimum atomic E-state index is -0.223. The van der Waals surface area contributed by atoms with E-state index in [4.69, 9.17) is 0 Å². The Labute approximate surface area is 222 Å². The Morgan fingerprint density at radius 1 is 1.05 bits per heavy atom. The fourth-order valence-electron chi connectivity index (χ4n) is 5.36. The minimum absolute atomic E-state index is 0.0589. The van der Waals surface area contributed by atoms with Crippen LogP contribution in [-0.2, 0) is 11.8 Å². The molecule has 2 unspecified atom stereocenters. The highest BCUT2D eigenvalue weighted by Crippen LogP contribution is 2.32. The van der Waals surface area contributed by atoms with Crippen LogP contribution in [0.15, 0.2) is 84.0 Å². The third-order valence-electron chi connectivity index (χ3n) is 7.60. The van der Waals surface area contributed by atoms with Crippen molar-refractivity contribution in [1.29, 1.82) is 0 Å². The molecule has 0 saturated carbocycles. The van der Waals surface area contributed by atoms with Crippen molar-refractivity contribution in [3.05, 3.63) is 84.4 Å². The van der Waals surface area contributed by atoms with Gasteiger partial charge in [0, 0.05) is 19.9 Å². The number of carbonyl (C=O) groups is 2. The van der Waals surface area contributed by atoms with Gasteiger partial charge in [0.1, 0.15) is 11.8 Å². The van der Waals surface area contributed by atoms with E-state index in [1.165, 1.54) is 11.8 Å². The largest absolute Gasteiger partial charge is 0.424 e. The second kappa shape index (κ2) is 10.5. The summed E-state index contributed by atoms with van der Waals surface area (Å²) in [7, 11) is 1.96. The number of imidazole rings is 1. The molecule has 37 heavy (non-hydrogen) atoms. The molecule has 1 aromatic heterocycles. The lowest BCUT2D eigenvalue weighted by molar-refractivity contribution is -0.784. The van der Waals surface area contributed by atoms with Crippen LogP contribution in [0.25, 0.3) is 22.2 Å². The predicted molar refractivity (Wildman–Crippen MR) is 149 cm³/mol. The fourth-order valence-corrected chi connectivity index (χ4v) is 6.30. The number of para-hydroxylation sites is 2. The number of benzene rings is 3. The Balaban J connectivity index is 1.33. The van der Waals surface area contributed by atoms with E-state index < -0.39 is 0 Å². The third-order valence-corrected chi connectivity index (χ3v) is 8.61. The topological polar surface area (TPSA) is 64.0 Å². The molecule has 1 fully saturated rings. The molecule has 0 radical (unpaired) electrons. The maximum Gasteiger partial charge on any atom is 0.424 e. The van der Waals surface area contributed by atoms with Crippen molar-refractivity contribution in [2.45, 2.75) is 43.9 Å². The third kappa shape index (κ3) is 4.81. The van der Waals surface area contributed by atoms with Crippen LogP contribution in [0.3, 0.4) is 0 Å². The van der Waals surface area contributed by atoms with E-state index in [-0.39, 0.29) is 34.3 Å². The summed E-state index contributed by atoms with van der Waals surface area (Å²) in [4.78, 5) is 32.2. The van der Waals surface area contributed by atoms with Crippen LogP contribution in [0, 0.1) is 0 Å². The fraction of sp³-hybridized carbons (Fsp3) is 0.300. The first kappa shape index (κ1) is 25.2. The molecule has 1 saturated heterocycles. The first-order valence-electron chi connectivity index (χ1n) is 12.8. The molecule has 3 amide bonds. The molecule has 2 heterocycles. The number of fused-ring (bicyclic) bond motifs is 1. The molecule has 6 nitrogen and oxygen atoms in total. The quantitative estimate of drug-likeness (QED) is 0.242. The maximum absolute atomic E-state index is 13.8. The number of carbonyl (C=O) groups excluding carboxylic acids is 2. The summed E-state index contributed by atoms with van der Waals surface area (Å²) in [5, 5.41) is 3.97. The van der Waals surface area contributed by atoms with Crippen molar-refractivity contribution >= 4 is 34.7 Å². The Bertz CT molecular complexity index is 1430. The summed E-state index contributed by atoms with van der Waals surface area (Å²) in [6.07, 6.45) is 1.71. The molecule has 0 aliphatic carbocycles. The molecule has 5 rings (SSSR count). The van der Waals surface area contributed by atoms with Gasteiger partial charge in [0.15, 0.2) is 5.16 Å². The number of imide groups is 1. The van der Waals surface area contributed by atoms with Gasteiger partial charge in [-0.1, -0.05) is 72.4 Å². The van der Waals surface area contributed by atoms with Gasteiger partial charge < -0.3 is 4.57 Å². The van der Waals surface area contributed by atoms with Gasteiger partial charge in [0.05, 0.1) is 23.6 Å². The number of thioether (sulfide) groups is 1. The lowest BCUT2D eigenvalue weighted by Gasteiger charge is -2.33. The van der Waals surface area contributed by atoms with Gasteiger partial charge in [-0.3, -0.25) is 5.32 Å². The number of likely N-dealkylation sites (tertiary alicyclic amines) is 1. The van der Waals surface area contributed by atoms with Crippen molar-refractivity contribution in [2.75, 3.05) is 12.3 Å². The van der Waals surface area contributed by atoms with Gasteiger partial charge >= 0.3 is 11.9 Å². The molecule has 7 heteroatoms. The zero-order chi connectivity index (χ0) is 26.0. The van der Waals surface area contributed by atoms with Crippen LogP contribution < -0.4 is 5.32 Å². The second-order valence-electron chi connectivity index (χ2n) is 9.87. The lowest BCUT2D eigenvalue weighted by Crippen LogP contribution is -2.63. The summed E-state index contributed by atoms with van der Waals surface area (Å²) in [6.45, 7) is 4.54. The molecule has 3 atom stereocenters. The van der Waals surface area contributed by atoms with Gasteiger partial charge in [-0.25, -0.2) is 14.6 Å². The van der Waals surface area contributed by atoms with Crippen molar-refractivity contribution in [3.8, 4) is 11.1 Å². The van der Waals surface area contributed by atoms with Gasteiger partial charge in [-0.15, -0.1) is 0 Å². The maximum atomic E-state index is 13.8. The number of nitrogens with one attached hydrogen (secondary N) is 1. The number of nitrogens with zero attached hydrogens (tertiary/aromatic N) is 3. The Morgan fingerprint density at radius 2 is 1.78 bits per heavy atom. The summed E-state index contributed by atoms with van der Waals surface area (Å²) >= 11 is 1.41. The molecule has 0 bridgehead atoms. The van der Waals surface area contributed by atoms with E-state index >= 15 is 0 Å². The van der Waals surface area contributed by atoms with Crippen LogP contribution in [0.1, 0.15) is 38.3 Å². The second-order valence-corrected chi connectivity index (χ2v) is 10.8. The van der Waals surface area contributed by atoms with Crippen LogP contribution in [0.2, 0.25) is 0 Å². The number of aromatic nitrogens is 2. The van der Waals surface area contributed by atoms with E-state index in [1.54, 1.807) is 0 Å². The smallest absolute Gasteiger partial charge is 0.322 e. The summed E-state index contributed by atoms with van der Waals surface area (Å²) < 4.78 is 1.85. The van der Waals surface area contributed by atoms with E-state index in [0.717, 1.165) is 45.7 Å². The van der Waals surface area contributed by atoms with Gasteiger partial charge in [0.2, 0.25) is 0 Å². The van der Waals surface area contributed by atoms with Crippen molar-refractivity contribution < 1.29 is 14.1 Å². The number of rotatable bonds is 6. The zero-order valence-corrected chi connectivity index (χ0v) is 22.4. The number of urea groups is 1. The van der Waals surface area contributed by atoms with E-state index in [9.17, 15) is 9.59 Å². The summed E-state index contributed by atoms with van der Waals surface area (Å²) in [5.74, 6) is 0.136. The Kier molecular flexibility index (Phi) is 7.17. The predicted octanol–water partition coefficient (Wildman–Crippen LogP) is 6.33. The monoisotopic (exact) mass is 513 g/mol. The van der Waals surface area contributed by atoms with Crippen molar-refractivity contribution in [3.63, 3.8) is 0 Å². The highest BCUT2D eigenvalue weighted by molar-refractivity contribution is 7.99. The minimum Gasteiger partial charge on any atom is -0.322 e. The molecular weight excluding hydrogens is 480 g/mol.